The number of pyridine rings is 1. The SMILES string of the molecule is C/C(=N/OC(=O)c1cccnc1)c1cccs1. The van der Waals surface area contributed by atoms with Gasteiger partial charge in [0.15, 0.2) is 0 Å². The zero-order chi connectivity index (χ0) is 12.1. The van der Waals surface area contributed by atoms with E-state index in [0.29, 0.717) is 11.3 Å². The lowest BCUT2D eigenvalue weighted by Gasteiger charge is -1.98. The van der Waals surface area contributed by atoms with Crippen molar-refractivity contribution in [2.75, 3.05) is 0 Å². The Bertz CT molecular complexity index is 521. The monoisotopic (exact) mass is 246 g/mol. The van der Waals surface area contributed by atoms with E-state index in [4.69, 9.17) is 4.84 Å². The van der Waals surface area contributed by atoms with Crippen LogP contribution in [0.3, 0.4) is 0 Å². The summed E-state index contributed by atoms with van der Waals surface area (Å²) < 4.78 is 0. The van der Waals surface area contributed by atoms with Crippen molar-refractivity contribution in [3.63, 3.8) is 0 Å². The molecule has 0 saturated heterocycles. The lowest BCUT2D eigenvalue weighted by molar-refractivity contribution is 0.0516. The quantitative estimate of drug-likeness (QED) is 0.475. The molecule has 2 heterocycles. The highest BCUT2D eigenvalue weighted by atomic mass is 32.1. The number of aromatic nitrogens is 1. The highest BCUT2D eigenvalue weighted by Gasteiger charge is 2.07. The molecule has 0 unspecified atom stereocenters. The number of hydrogen-bond donors (Lipinski definition) is 0. The zero-order valence-electron chi connectivity index (χ0n) is 9.16. The summed E-state index contributed by atoms with van der Waals surface area (Å²) in [6.07, 6.45) is 3.04. The molecule has 86 valence electrons. The smallest absolute Gasteiger partial charge is 0.312 e. The van der Waals surface area contributed by atoms with Crippen LogP contribution >= 0.6 is 11.3 Å². The van der Waals surface area contributed by atoms with E-state index in [1.807, 2.05) is 17.5 Å². The average molecular weight is 246 g/mol. The largest absolute Gasteiger partial charge is 0.367 e. The first-order valence-corrected chi connectivity index (χ1v) is 5.85. The molecule has 0 atom stereocenters. The Balaban J connectivity index is 2.04. The second-order valence-electron chi connectivity index (χ2n) is 3.27. The van der Waals surface area contributed by atoms with E-state index in [0.717, 1.165) is 4.88 Å². The highest BCUT2D eigenvalue weighted by molar-refractivity contribution is 7.12. The second-order valence-corrected chi connectivity index (χ2v) is 4.22. The van der Waals surface area contributed by atoms with Crippen molar-refractivity contribution < 1.29 is 9.63 Å². The van der Waals surface area contributed by atoms with Crippen LogP contribution in [-0.2, 0) is 4.84 Å². The van der Waals surface area contributed by atoms with Crippen LogP contribution in [0.15, 0.2) is 47.2 Å². The third kappa shape index (κ3) is 2.98. The molecular weight excluding hydrogens is 236 g/mol. The molecule has 0 aliphatic rings. The van der Waals surface area contributed by atoms with Crippen molar-refractivity contribution in [3.8, 4) is 0 Å². The number of hydrogen-bond acceptors (Lipinski definition) is 5. The van der Waals surface area contributed by atoms with Crippen molar-refractivity contribution in [1.29, 1.82) is 0 Å². The summed E-state index contributed by atoms with van der Waals surface area (Å²) in [6, 6.07) is 7.14. The number of rotatable bonds is 3. The fourth-order valence-electron chi connectivity index (χ4n) is 1.18. The van der Waals surface area contributed by atoms with Gasteiger partial charge in [-0.1, -0.05) is 11.2 Å². The Morgan fingerprint density at radius 1 is 1.41 bits per heavy atom. The lowest BCUT2D eigenvalue weighted by Crippen LogP contribution is -2.03. The van der Waals surface area contributed by atoms with Gasteiger partial charge in [0.2, 0.25) is 0 Å². The molecule has 0 N–H and O–H groups in total. The Morgan fingerprint density at radius 2 is 2.29 bits per heavy atom. The fourth-order valence-corrected chi connectivity index (χ4v) is 1.84. The molecule has 5 heteroatoms. The molecule has 0 spiro atoms. The van der Waals surface area contributed by atoms with E-state index in [1.54, 1.807) is 36.6 Å². The van der Waals surface area contributed by atoms with Gasteiger partial charge in [0.25, 0.3) is 0 Å². The molecule has 0 fully saturated rings. The molecule has 0 radical (unpaired) electrons. The van der Waals surface area contributed by atoms with Gasteiger partial charge in [0.1, 0.15) is 0 Å². The van der Waals surface area contributed by atoms with Gasteiger partial charge in [-0.3, -0.25) is 4.98 Å². The minimum absolute atomic E-state index is 0.384. The topological polar surface area (TPSA) is 51.5 Å². The Labute approximate surface area is 103 Å². The average Bonchev–Trinajstić information content (AvgIpc) is 2.90. The van der Waals surface area contributed by atoms with E-state index in [1.165, 1.54) is 6.20 Å². The molecule has 0 bridgehead atoms. The van der Waals surface area contributed by atoms with Crippen LogP contribution < -0.4 is 0 Å². The standard InChI is InChI=1S/C12H10N2O2S/c1-9(11-5-3-7-17-11)14-16-12(15)10-4-2-6-13-8-10/h2-8H,1H3/b14-9-. The van der Waals surface area contributed by atoms with Gasteiger partial charge in [-0.05, 0) is 30.5 Å². The molecule has 0 aromatic carbocycles. The molecule has 4 nitrogen and oxygen atoms in total. The maximum absolute atomic E-state index is 11.6. The second kappa shape index (κ2) is 5.36. The fraction of sp³-hybridized carbons (Fsp3) is 0.0833. The van der Waals surface area contributed by atoms with E-state index in [2.05, 4.69) is 10.1 Å². The first-order chi connectivity index (χ1) is 8.27. The van der Waals surface area contributed by atoms with Gasteiger partial charge in [0.05, 0.1) is 16.2 Å². The van der Waals surface area contributed by atoms with Crippen LogP contribution in [0.5, 0.6) is 0 Å². The Hall–Kier alpha value is -2.01. The maximum Gasteiger partial charge on any atom is 0.367 e. The van der Waals surface area contributed by atoms with Gasteiger partial charge in [-0.25, -0.2) is 4.79 Å². The van der Waals surface area contributed by atoms with E-state index < -0.39 is 5.97 Å². The van der Waals surface area contributed by atoms with Gasteiger partial charge in [-0.15, -0.1) is 11.3 Å². The highest BCUT2D eigenvalue weighted by Crippen LogP contribution is 2.10. The Morgan fingerprint density at radius 3 is 2.94 bits per heavy atom. The van der Waals surface area contributed by atoms with Gasteiger partial charge in [0, 0.05) is 12.4 Å². The van der Waals surface area contributed by atoms with Gasteiger partial charge < -0.3 is 4.84 Å². The van der Waals surface area contributed by atoms with Crippen molar-refractivity contribution in [1.82, 2.24) is 4.98 Å². The Kier molecular flexibility index (Phi) is 3.62. The number of oxime groups is 1. The molecule has 0 aliphatic carbocycles. The maximum atomic E-state index is 11.6. The van der Waals surface area contributed by atoms with Crippen molar-refractivity contribution >= 4 is 23.0 Å². The first kappa shape index (κ1) is 11.5. The number of carbonyl (C=O) groups is 1. The lowest BCUT2D eigenvalue weighted by atomic mass is 10.3. The summed E-state index contributed by atoms with van der Waals surface area (Å²) in [5, 5.41) is 5.73. The minimum Gasteiger partial charge on any atom is -0.312 e. The number of thiophene rings is 1. The van der Waals surface area contributed by atoms with Gasteiger partial charge in [-0.2, -0.15) is 0 Å². The van der Waals surface area contributed by atoms with Crippen molar-refractivity contribution in [2.24, 2.45) is 5.16 Å². The van der Waals surface area contributed by atoms with E-state index >= 15 is 0 Å². The van der Waals surface area contributed by atoms with Crippen LogP contribution in [0, 0.1) is 0 Å². The molecule has 17 heavy (non-hydrogen) atoms. The third-order valence-electron chi connectivity index (χ3n) is 2.04. The summed E-state index contributed by atoms with van der Waals surface area (Å²) >= 11 is 1.54. The minimum atomic E-state index is -0.506. The summed E-state index contributed by atoms with van der Waals surface area (Å²) in [7, 11) is 0. The molecule has 0 aliphatic heterocycles. The number of nitrogens with zero attached hydrogens (tertiary/aromatic N) is 2. The van der Waals surface area contributed by atoms with E-state index in [9.17, 15) is 4.79 Å². The summed E-state index contributed by atoms with van der Waals surface area (Å²) in [5.74, 6) is -0.506. The van der Waals surface area contributed by atoms with E-state index in [-0.39, 0.29) is 0 Å². The zero-order valence-corrected chi connectivity index (χ0v) is 9.98. The summed E-state index contributed by atoms with van der Waals surface area (Å²) in [6.45, 7) is 1.79. The first-order valence-electron chi connectivity index (χ1n) is 4.97. The normalized spacial score (nSPS) is 11.2. The molecule has 2 rings (SSSR count). The van der Waals surface area contributed by atoms with Crippen molar-refractivity contribution in [3.05, 3.63) is 52.5 Å². The molecule has 2 aromatic rings. The van der Waals surface area contributed by atoms with Crippen LogP contribution in [0.4, 0.5) is 0 Å². The van der Waals surface area contributed by atoms with Crippen LogP contribution in [0.2, 0.25) is 0 Å². The predicted molar refractivity (Wildman–Crippen MR) is 66.2 cm³/mol. The summed E-state index contributed by atoms with van der Waals surface area (Å²) in [5.41, 5.74) is 1.06. The van der Waals surface area contributed by atoms with Crippen LogP contribution in [0.1, 0.15) is 22.2 Å². The molecule has 0 amide bonds. The number of carbonyl (C=O) groups excluding carboxylic acids is 1. The predicted octanol–water partition coefficient (Wildman–Crippen LogP) is 2.72. The summed E-state index contributed by atoms with van der Waals surface area (Å²) in [4.78, 5) is 21.2. The van der Waals surface area contributed by atoms with Crippen LogP contribution in [0.25, 0.3) is 0 Å². The van der Waals surface area contributed by atoms with Gasteiger partial charge >= 0.3 is 5.97 Å². The molecule has 2 aromatic heterocycles. The third-order valence-corrected chi connectivity index (χ3v) is 3.02. The molecule has 0 saturated carbocycles. The van der Waals surface area contributed by atoms with Crippen LogP contribution in [-0.4, -0.2) is 16.7 Å². The molecular formula is C12H10N2O2S. The van der Waals surface area contributed by atoms with Crippen molar-refractivity contribution in [2.45, 2.75) is 6.92 Å².